The van der Waals surface area contributed by atoms with Crippen molar-refractivity contribution in [2.45, 2.75) is 57.3 Å². The molecule has 0 radical (unpaired) electrons. The van der Waals surface area contributed by atoms with Crippen molar-refractivity contribution in [1.29, 1.82) is 0 Å². The summed E-state index contributed by atoms with van der Waals surface area (Å²) in [5, 5.41) is 22.0. The first-order valence-corrected chi connectivity index (χ1v) is 14.0. The molecule has 2 aromatic heterocycles. The molecule has 3 N–H and O–H groups in total. The number of H-pyrrole nitrogens is 1. The normalized spacial score (nSPS) is 23.5. The van der Waals surface area contributed by atoms with E-state index in [0.717, 1.165) is 49.1 Å². The van der Waals surface area contributed by atoms with Gasteiger partial charge in [0, 0.05) is 48.5 Å². The van der Waals surface area contributed by atoms with Gasteiger partial charge in [0.1, 0.15) is 12.7 Å². The number of rotatable bonds is 3. The van der Waals surface area contributed by atoms with Crippen LogP contribution in [-0.4, -0.2) is 86.9 Å². The van der Waals surface area contributed by atoms with E-state index in [9.17, 15) is 19.8 Å². The molecule has 1 spiro atoms. The first kappa shape index (κ1) is 27.3. The fourth-order valence-electron chi connectivity index (χ4n) is 5.85. The molecule has 2 atom stereocenters. The summed E-state index contributed by atoms with van der Waals surface area (Å²) in [4.78, 5) is 38.6. The number of likely N-dealkylation sites (tertiary alicyclic amines) is 1. The van der Waals surface area contributed by atoms with E-state index in [2.05, 4.69) is 14.9 Å². The largest absolute Gasteiger partial charge is 0.462 e. The van der Waals surface area contributed by atoms with Crippen molar-refractivity contribution in [2.24, 2.45) is 5.41 Å². The summed E-state index contributed by atoms with van der Waals surface area (Å²) in [5.74, 6) is -0.390. The van der Waals surface area contributed by atoms with Gasteiger partial charge in [-0.15, -0.1) is 0 Å². The van der Waals surface area contributed by atoms with Crippen LogP contribution >= 0.6 is 0 Å². The first-order chi connectivity index (χ1) is 18.9. The molecule has 0 unspecified atom stereocenters. The van der Waals surface area contributed by atoms with Crippen molar-refractivity contribution < 1.29 is 24.5 Å². The van der Waals surface area contributed by atoms with E-state index < -0.39 is 17.6 Å². The Morgan fingerprint density at radius 2 is 1.85 bits per heavy atom. The van der Waals surface area contributed by atoms with Crippen LogP contribution in [0.2, 0.25) is 0 Å². The van der Waals surface area contributed by atoms with Crippen LogP contribution in [0.1, 0.15) is 54.6 Å². The van der Waals surface area contributed by atoms with Crippen LogP contribution in [0.15, 0.2) is 54.9 Å². The summed E-state index contributed by atoms with van der Waals surface area (Å²) in [6.45, 7) is 2.81. The quantitative estimate of drug-likeness (QED) is 0.442. The zero-order chi connectivity index (χ0) is 27.2. The maximum atomic E-state index is 13.6. The molecule has 0 saturated carbocycles. The molecule has 2 aliphatic heterocycles. The van der Waals surface area contributed by atoms with Crippen molar-refractivity contribution in [3.05, 3.63) is 66.1 Å². The number of aromatic amines is 1. The fraction of sp³-hybridized carbons (Fsp3) is 0.500. The van der Waals surface area contributed by atoms with Crippen molar-refractivity contribution in [1.82, 2.24) is 19.8 Å². The average Bonchev–Trinajstić information content (AvgIpc) is 3.45. The molecular weight excluding hydrogens is 496 g/mol. The van der Waals surface area contributed by atoms with E-state index in [1.807, 2.05) is 48.7 Å². The monoisotopic (exact) mass is 534 g/mol. The first-order valence-electron chi connectivity index (χ1n) is 14.0. The Hall–Kier alpha value is -3.27. The summed E-state index contributed by atoms with van der Waals surface area (Å²) in [5.41, 5.74) is 1.88. The minimum atomic E-state index is -1.21. The Morgan fingerprint density at radius 3 is 2.64 bits per heavy atom. The molecule has 9 nitrogen and oxygen atoms in total. The van der Waals surface area contributed by atoms with Crippen LogP contribution in [0.5, 0.6) is 0 Å². The average molecular weight is 535 g/mol. The zero-order valence-electron chi connectivity index (χ0n) is 22.3. The lowest BCUT2D eigenvalue weighted by atomic mass is 9.74. The summed E-state index contributed by atoms with van der Waals surface area (Å²) >= 11 is 0. The molecular formula is C30H38N4O5. The molecule has 0 aliphatic carbocycles. The Labute approximate surface area is 228 Å². The maximum Gasteiger partial charge on any atom is 0.312 e. The number of piperidine rings is 1. The van der Waals surface area contributed by atoms with Gasteiger partial charge in [-0.1, -0.05) is 18.6 Å². The topological polar surface area (TPSA) is 119 Å². The van der Waals surface area contributed by atoms with Gasteiger partial charge in [0.25, 0.3) is 5.91 Å². The van der Waals surface area contributed by atoms with Gasteiger partial charge >= 0.3 is 5.97 Å². The number of fused-ring (bicyclic) bond motifs is 1. The molecule has 4 heterocycles. The van der Waals surface area contributed by atoms with Gasteiger partial charge in [0.05, 0.1) is 17.2 Å². The van der Waals surface area contributed by atoms with Crippen LogP contribution < -0.4 is 0 Å². The fourth-order valence-corrected chi connectivity index (χ4v) is 5.85. The highest BCUT2D eigenvalue weighted by Crippen LogP contribution is 2.38. The number of carbonyl (C=O) groups is 2. The minimum Gasteiger partial charge on any atom is -0.462 e. The third-order valence-corrected chi connectivity index (χ3v) is 8.33. The van der Waals surface area contributed by atoms with Crippen LogP contribution in [0.3, 0.4) is 0 Å². The third-order valence-electron chi connectivity index (χ3n) is 8.33. The summed E-state index contributed by atoms with van der Waals surface area (Å²) in [6.07, 6.45) is 5.00. The second-order valence-electron chi connectivity index (χ2n) is 10.9. The molecule has 5 rings (SSSR count). The molecule has 1 amide bonds. The lowest BCUT2D eigenvalue weighted by Crippen LogP contribution is -2.46. The summed E-state index contributed by atoms with van der Waals surface area (Å²) in [6, 6.07) is 13.4. The Balaban J connectivity index is 1.28. The molecule has 39 heavy (non-hydrogen) atoms. The van der Waals surface area contributed by atoms with E-state index in [-0.39, 0.29) is 24.9 Å². The Kier molecular flexibility index (Phi) is 8.60. The minimum absolute atomic E-state index is 0.0957. The van der Waals surface area contributed by atoms with Crippen LogP contribution in [-0.2, 0) is 16.1 Å². The second-order valence-corrected chi connectivity index (χ2v) is 10.9. The second kappa shape index (κ2) is 12.3. The Morgan fingerprint density at radius 1 is 1.00 bits per heavy atom. The zero-order valence-corrected chi connectivity index (χ0v) is 22.3. The van der Waals surface area contributed by atoms with Gasteiger partial charge in [0.2, 0.25) is 0 Å². The highest BCUT2D eigenvalue weighted by atomic mass is 16.5. The number of aliphatic hydroxyl groups is 2. The van der Waals surface area contributed by atoms with Gasteiger partial charge in [0.15, 0.2) is 0 Å². The van der Waals surface area contributed by atoms with Crippen molar-refractivity contribution in [3.63, 3.8) is 0 Å². The molecule has 0 bridgehead atoms. The van der Waals surface area contributed by atoms with E-state index in [4.69, 9.17) is 4.74 Å². The van der Waals surface area contributed by atoms with Gasteiger partial charge in [-0.05, 0) is 75.5 Å². The molecule has 1 aromatic carbocycles. The molecule has 208 valence electrons. The third kappa shape index (κ3) is 6.32. The van der Waals surface area contributed by atoms with Gasteiger partial charge in [-0.2, -0.15) is 0 Å². The lowest BCUT2D eigenvalue weighted by Gasteiger charge is -2.40. The standard InChI is InChI=1S/C30H38N4O5/c35-26-10-17-34(28(37)24-7-5-8-25-23(24)9-15-32-25)16-4-2-11-30(29(38)39-21-27(26)36)12-18-33(19-13-30)20-22-6-1-3-14-31-22/h1,3,5-9,14-15,26-27,32,35-36H,2,4,10-13,16-21H2/t26-,27+/m0/s1. The summed E-state index contributed by atoms with van der Waals surface area (Å²) in [7, 11) is 0. The van der Waals surface area contributed by atoms with E-state index in [1.165, 1.54) is 0 Å². The van der Waals surface area contributed by atoms with Crippen LogP contribution in [0.4, 0.5) is 0 Å². The molecule has 9 heteroatoms. The number of aromatic nitrogens is 2. The predicted molar refractivity (Wildman–Crippen MR) is 147 cm³/mol. The smallest absolute Gasteiger partial charge is 0.312 e. The van der Waals surface area contributed by atoms with E-state index in [0.29, 0.717) is 37.9 Å². The number of hydrogen-bond donors (Lipinski definition) is 3. The molecule has 3 aromatic rings. The number of nitrogens with zero attached hydrogens (tertiary/aromatic N) is 3. The molecule has 2 aliphatic rings. The van der Waals surface area contributed by atoms with Crippen molar-refractivity contribution >= 4 is 22.8 Å². The lowest BCUT2D eigenvalue weighted by molar-refractivity contribution is -0.165. The number of aliphatic hydroxyl groups excluding tert-OH is 2. The summed E-state index contributed by atoms with van der Waals surface area (Å²) < 4.78 is 5.60. The highest BCUT2D eigenvalue weighted by molar-refractivity contribution is 6.06. The number of hydrogen-bond acceptors (Lipinski definition) is 7. The van der Waals surface area contributed by atoms with Crippen molar-refractivity contribution in [3.8, 4) is 0 Å². The molecule has 2 fully saturated rings. The van der Waals surface area contributed by atoms with Crippen molar-refractivity contribution in [2.75, 3.05) is 32.8 Å². The SMILES string of the molecule is O=C(c1cccc2[nH]ccc12)N1CCCCC2(CCN(Cc3ccccn3)CC2)C(=O)OC[C@@H](O)[C@@H](O)CC1. The van der Waals surface area contributed by atoms with Crippen LogP contribution in [0.25, 0.3) is 10.9 Å². The number of esters is 1. The van der Waals surface area contributed by atoms with Crippen LogP contribution in [0, 0.1) is 5.41 Å². The van der Waals surface area contributed by atoms with E-state index in [1.54, 1.807) is 11.1 Å². The number of amides is 1. The maximum absolute atomic E-state index is 13.6. The van der Waals surface area contributed by atoms with Gasteiger partial charge in [-0.25, -0.2) is 0 Å². The number of cyclic esters (lactones) is 1. The van der Waals surface area contributed by atoms with E-state index >= 15 is 0 Å². The Bertz CT molecular complexity index is 1250. The van der Waals surface area contributed by atoms with Gasteiger partial charge < -0.3 is 24.8 Å². The predicted octanol–water partition coefficient (Wildman–Crippen LogP) is 3.13. The highest BCUT2D eigenvalue weighted by Gasteiger charge is 2.42. The number of ether oxygens (including phenoxy) is 1. The molecule has 2 saturated heterocycles. The number of pyridine rings is 1. The number of nitrogens with one attached hydrogen (secondary N) is 1. The number of carbonyl (C=O) groups excluding carboxylic acids is 2. The number of benzene rings is 1. The van der Waals surface area contributed by atoms with Gasteiger partial charge in [-0.3, -0.25) is 19.5 Å².